The van der Waals surface area contributed by atoms with E-state index in [2.05, 4.69) is 17.6 Å². The van der Waals surface area contributed by atoms with E-state index in [4.69, 9.17) is 4.74 Å². The largest absolute Gasteiger partial charge is 0.445 e. The molecule has 0 spiro atoms. The lowest BCUT2D eigenvalue weighted by molar-refractivity contribution is 0.125. The van der Waals surface area contributed by atoms with Gasteiger partial charge in [-0.15, -0.1) is 0 Å². The van der Waals surface area contributed by atoms with Crippen molar-refractivity contribution in [1.29, 1.82) is 0 Å². The Balaban J connectivity index is 1.30. The number of hydrogen-bond donors (Lipinski definition) is 2. The average molecular weight is 274 g/mol. The zero-order chi connectivity index (χ0) is 13.9. The van der Waals surface area contributed by atoms with E-state index in [9.17, 15) is 4.79 Å². The second kappa shape index (κ2) is 5.83. The van der Waals surface area contributed by atoms with E-state index in [0.717, 1.165) is 24.3 Å². The topological polar surface area (TPSA) is 50.4 Å². The molecule has 2 aliphatic rings. The van der Waals surface area contributed by atoms with Crippen molar-refractivity contribution in [2.75, 3.05) is 0 Å². The van der Waals surface area contributed by atoms with E-state index in [1.165, 1.54) is 6.42 Å². The van der Waals surface area contributed by atoms with Gasteiger partial charge in [-0.25, -0.2) is 4.79 Å². The van der Waals surface area contributed by atoms with Crippen molar-refractivity contribution in [3.63, 3.8) is 0 Å². The van der Waals surface area contributed by atoms with Crippen LogP contribution >= 0.6 is 0 Å². The Labute approximate surface area is 119 Å². The molecule has 0 radical (unpaired) electrons. The molecule has 0 saturated heterocycles. The second-order valence-electron chi connectivity index (χ2n) is 6.06. The number of carbonyl (C=O) groups is 1. The summed E-state index contributed by atoms with van der Waals surface area (Å²) < 4.78 is 5.21. The van der Waals surface area contributed by atoms with Gasteiger partial charge in [-0.2, -0.15) is 0 Å². The molecular formula is C16H22N2O2. The standard InChI is InChI=1S/C16H22N2O2/c1-11-7-15(11)17-13-8-14(9-13)18-16(19)20-10-12-5-3-2-4-6-12/h2-6,11,13-15,17H,7-10H2,1H3,(H,18,19). The highest BCUT2D eigenvalue weighted by molar-refractivity contribution is 5.67. The molecule has 2 fully saturated rings. The van der Waals surface area contributed by atoms with Crippen LogP contribution in [0.25, 0.3) is 0 Å². The van der Waals surface area contributed by atoms with Crippen molar-refractivity contribution in [2.24, 2.45) is 5.92 Å². The van der Waals surface area contributed by atoms with Gasteiger partial charge in [-0.05, 0) is 30.7 Å². The molecule has 108 valence electrons. The van der Waals surface area contributed by atoms with Gasteiger partial charge in [0.2, 0.25) is 0 Å². The predicted molar refractivity (Wildman–Crippen MR) is 77.3 cm³/mol. The average Bonchev–Trinajstić information content (AvgIpc) is 3.11. The fraction of sp³-hybridized carbons (Fsp3) is 0.562. The molecule has 1 aromatic rings. The van der Waals surface area contributed by atoms with Gasteiger partial charge in [0, 0.05) is 18.1 Å². The van der Waals surface area contributed by atoms with Crippen molar-refractivity contribution in [1.82, 2.24) is 10.6 Å². The van der Waals surface area contributed by atoms with E-state index >= 15 is 0 Å². The van der Waals surface area contributed by atoms with Crippen LogP contribution in [0.5, 0.6) is 0 Å². The summed E-state index contributed by atoms with van der Waals surface area (Å²) in [5, 5.41) is 6.53. The molecule has 0 aromatic heterocycles. The highest BCUT2D eigenvalue weighted by Crippen LogP contribution is 2.32. The Morgan fingerprint density at radius 1 is 1.20 bits per heavy atom. The van der Waals surface area contributed by atoms with Crippen LogP contribution in [0, 0.1) is 5.92 Å². The fourth-order valence-corrected chi connectivity index (χ4v) is 2.66. The zero-order valence-corrected chi connectivity index (χ0v) is 11.8. The molecular weight excluding hydrogens is 252 g/mol. The fourth-order valence-electron chi connectivity index (χ4n) is 2.66. The van der Waals surface area contributed by atoms with Gasteiger partial charge in [0.1, 0.15) is 6.61 Å². The molecule has 1 aromatic carbocycles. The first kappa shape index (κ1) is 13.4. The Bertz CT molecular complexity index is 457. The lowest BCUT2D eigenvalue weighted by Gasteiger charge is -2.36. The van der Waals surface area contributed by atoms with Gasteiger partial charge in [0.25, 0.3) is 0 Å². The maximum Gasteiger partial charge on any atom is 0.407 e. The lowest BCUT2D eigenvalue weighted by atomic mass is 9.87. The number of rotatable bonds is 5. The molecule has 2 atom stereocenters. The van der Waals surface area contributed by atoms with Gasteiger partial charge < -0.3 is 15.4 Å². The molecule has 2 N–H and O–H groups in total. The van der Waals surface area contributed by atoms with Crippen LogP contribution in [-0.4, -0.2) is 24.2 Å². The normalized spacial score (nSPS) is 31.2. The van der Waals surface area contributed by atoms with Crippen molar-refractivity contribution >= 4 is 6.09 Å². The van der Waals surface area contributed by atoms with E-state index < -0.39 is 0 Å². The summed E-state index contributed by atoms with van der Waals surface area (Å²) >= 11 is 0. The number of carbonyl (C=O) groups excluding carboxylic acids is 1. The molecule has 3 rings (SSSR count). The van der Waals surface area contributed by atoms with E-state index in [0.29, 0.717) is 18.7 Å². The predicted octanol–water partition coefficient (Wildman–Crippen LogP) is 2.44. The molecule has 0 aliphatic heterocycles. The van der Waals surface area contributed by atoms with Crippen molar-refractivity contribution in [2.45, 2.75) is 50.9 Å². The first-order valence-corrected chi connectivity index (χ1v) is 7.44. The van der Waals surface area contributed by atoms with Crippen LogP contribution in [0.3, 0.4) is 0 Å². The third-order valence-electron chi connectivity index (χ3n) is 4.23. The number of alkyl carbamates (subject to hydrolysis) is 1. The Kier molecular flexibility index (Phi) is 3.92. The van der Waals surface area contributed by atoms with Crippen LogP contribution < -0.4 is 10.6 Å². The smallest absolute Gasteiger partial charge is 0.407 e. The highest BCUT2D eigenvalue weighted by Gasteiger charge is 2.38. The second-order valence-corrected chi connectivity index (χ2v) is 6.06. The summed E-state index contributed by atoms with van der Waals surface area (Å²) in [6, 6.07) is 11.3. The quantitative estimate of drug-likeness (QED) is 0.867. The highest BCUT2D eigenvalue weighted by atomic mass is 16.5. The Hall–Kier alpha value is -1.55. The van der Waals surface area contributed by atoms with E-state index in [-0.39, 0.29) is 12.1 Å². The number of benzene rings is 1. The number of nitrogens with one attached hydrogen (secondary N) is 2. The number of ether oxygens (including phenoxy) is 1. The summed E-state index contributed by atoms with van der Waals surface area (Å²) in [6.07, 6.45) is 3.03. The molecule has 0 bridgehead atoms. The minimum atomic E-state index is -0.308. The van der Waals surface area contributed by atoms with Gasteiger partial charge in [-0.3, -0.25) is 0 Å². The Morgan fingerprint density at radius 2 is 1.90 bits per heavy atom. The van der Waals surface area contributed by atoms with Crippen molar-refractivity contribution in [3.8, 4) is 0 Å². The molecule has 4 heteroatoms. The zero-order valence-electron chi connectivity index (χ0n) is 11.8. The minimum Gasteiger partial charge on any atom is -0.445 e. The molecule has 2 saturated carbocycles. The van der Waals surface area contributed by atoms with Crippen LogP contribution in [0.4, 0.5) is 4.79 Å². The van der Waals surface area contributed by atoms with Crippen LogP contribution in [0.1, 0.15) is 31.7 Å². The summed E-state index contributed by atoms with van der Waals surface area (Å²) in [4.78, 5) is 11.7. The van der Waals surface area contributed by atoms with Crippen LogP contribution in [-0.2, 0) is 11.3 Å². The number of amides is 1. The van der Waals surface area contributed by atoms with Gasteiger partial charge in [-0.1, -0.05) is 37.3 Å². The van der Waals surface area contributed by atoms with Crippen molar-refractivity contribution in [3.05, 3.63) is 35.9 Å². The third-order valence-corrected chi connectivity index (χ3v) is 4.23. The van der Waals surface area contributed by atoms with Crippen molar-refractivity contribution < 1.29 is 9.53 Å². The SMILES string of the molecule is CC1CC1NC1CC(NC(=O)OCc2ccccc2)C1. The molecule has 2 aliphatic carbocycles. The van der Waals surface area contributed by atoms with Crippen LogP contribution in [0.15, 0.2) is 30.3 Å². The lowest BCUT2D eigenvalue weighted by Crippen LogP contribution is -2.53. The molecule has 4 nitrogen and oxygen atoms in total. The molecule has 0 heterocycles. The third kappa shape index (κ3) is 3.51. The summed E-state index contributed by atoms with van der Waals surface area (Å²) in [5.74, 6) is 0.831. The van der Waals surface area contributed by atoms with Crippen LogP contribution in [0.2, 0.25) is 0 Å². The van der Waals surface area contributed by atoms with Gasteiger partial charge in [0.05, 0.1) is 0 Å². The Morgan fingerprint density at radius 3 is 2.55 bits per heavy atom. The monoisotopic (exact) mass is 274 g/mol. The molecule has 2 unspecified atom stereocenters. The number of hydrogen-bond acceptors (Lipinski definition) is 3. The minimum absolute atomic E-state index is 0.268. The van der Waals surface area contributed by atoms with E-state index in [1.54, 1.807) is 0 Å². The first-order valence-electron chi connectivity index (χ1n) is 7.44. The van der Waals surface area contributed by atoms with Gasteiger partial charge >= 0.3 is 6.09 Å². The maximum absolute atomic E-state index is 11.7. The molecule has 1 amide bonds. The summed E-state index contributed by atoms with van der Waals surface area (Å²) in [5.41, 5.74) is 1.01. The van der Waals surface area contributed by atoms with Gasteiger partial charge in [0.15, 0.2) is 0 Å². The molecule has 20 heavy (non-hydrogen) atoms. The van der Waals surface area contributed by atoms with E-state index in [1.807, 2.05) is 30.3 Å². The summed E-state index contributed by atoms with van der Waals surface area (Å²) in [6.45, 7) is 2.60. The summed E-state index contributed by atoms with van der Waals surface area (Å²) in [7, 11) is 0. The maximum atomic E-state index is 11.7. The first-order chi connectivity index (χ1) is 9.70.